The van der Waals surface area contributed by atoms with Crippen LogP contribution in [0.3, 0.4) is 0 Å². The Morgan fingerprint density at radius 1 is 1.19 bits per heavy atom. The average molecular weight is 368 g/mol. The van der Waals surface area contributed by atoms with Crippen molar-refractivity contribution in [2.24, 2.45) is 0 Å². The normalized spacial score (nSPS) is 17.5. The summed E-state index contributed by atoms with van der Waals surface area (Å²) in [4.78, 5) is 21.3. The van der Waals surface area contributed by atoms with E-state index in [4.69, 9.17) is 0 Å². The molecule has 2 aliphatic heterocycles. The lowest BCUT2D eigenvalue weighted by molar-refractivity contribution is -0.131. The second-order valence-corrected chi connectivity index (χ2v) is 7.44. The molecule has 2 aromatic heterocycles. The number of aromatic nitrogens is 3. The van der Waals surface area contributed by atoms with Gasteiger partial charge in [0.25, 0.3) is 0 Å². The van der Waals surface area contributed by atoms with Gasteiger partial charge in [0.05, 0.1) is 11.4 Å². The third-order valence-electron chi connectivity index (χ3n) is 5.40. The number of rotatable bonds is 4. The first-order chi connectivity index (χ1) is 13.2. The SMILES string of the molecule is Cc1ccnc(N2CCN(C(=O)CCc3cc4n(n3)CCCNC4)CC2)c1. The van der Waals surface area contributed by atoms with Crippen molar-refractivity contribution < 1.29 is 4.79 Å². The molecule has 2 aliphatic rings. The number of carbonyl (C=O) groups is 1. The molecule has 1 fully saturated rings. The maximum atomic E-state index is 12.6. The Balaban J connectivity index is 1.27. The summed E-state index contributed by atoms with van der Waals surface area (Å²) in [7, 11) is 0. The van der Waals surface area contributed by atoms with Crippen molar-refractivity contribution in [1.29, 1.82) is 0 Å². The molecule has 1 N–H and O–H groups in total. The van der Waals surface area contributed by atoms with Crippen LogP contribution in [0.2, 0.25) is 0 Å². The molecule has 4 heterocycles. The lowest BCUT2D eigenvalue weighted by atomic mass is 10.2. The van der Waals surface area contributed by atoms with Gasteiger partial charge in [-0.3, -0.25) is 9.48 Å². The zero-order valence-electron chi connectivity index (χ0n) is 16.0. The first-order valence-corrected chi connectivity index (χ1v) is 9.91. The third-order valence-corrected chi connectivity index (χ3v) is 5.40. The van der Waals surface area contributed by atoms with Gasteiger partial charge in [0.1, 0.15) is 5.82 Å². The number of anilines is 1. The zero-order chi connectivity index (χ0) is 18.6. The van der Waals surface area contributed by atoms with Crippen molar-refractivity contribution in [2.75, 3.05) is 37.6 Å². The number of aryl methyl sites for hydroxylation is 3. The Morgan fingerprint density at radius 2 is 2.04 bits per heavy atom. The van der Waals surface area contributed by atoms with Gasteiger partial charge < -0.3 is 15.1 Å². The highest BCUT2D eigenvalue weighted by molar-refractivity contribution is 5.76. The van der Waals surface area contributed by atoms with Crippen LogP contribution in [0.4, 0.5) is 5.82 Å². The fourth-order valence-corrected chi connectivity index (χ4v) is 3.81. The molecule has 0 aliphatic carbocycles. The maximum Gasteiger partial charge on any atom is 0.223 e. The molecule has 0 radical (unpaired) electrons. The average Bonchev–Trinajstić information content (AvgIpc) is 2.95. The Morgan fingerprint density at radius 3 is 2.85 bits per heavy atom. The predicted octanol–water partition coefficient (Wildman–Crippen LogP) is 1.36. The largest absolute Gasteiger partial charge is 0.353 e. The summed E-state index contributed by atoms with van der Waals surface area (Å²) in [5, 5.41) is 8.09. The minimum Gasteiger partial charge on any atom is -0.353 e. The number of hydrogen-bond donors (Lipinski definition) is 1. The van der Waals surface area contributed by atoms with E-state index in [1.165, 1.54) is 11.3 Å². The van der Waals surface area contributed by atoms with E-state index in [0.29, 0.717) is 6.42 Å². The summed E-state index contributed by atoms with van der Waals surface area (Å²) in [5.74, 6) is 1.24. The van der Waals surface area contributed by atoms with Crippen LogP contribution in [0.1, 0.15) is 29.8 Å². The lowest BCUT2D eigenvalue weighted by Crippen LogP contribution is -2.49. The van der Waals surface area contributed by atoms with Crippen LogP contribution in [-0.4, -0.2) is 58.3 Å². The zero-order valence-corrected chi connectivity index (χ0v) is 16.0. The van der Waals surface area contributed by atoms with E-state index < -0.39 is 0 Å². The van der Waals surface area contributed by atoms with Crippen molar-refractivity contribution in [1.82, 2.24) is 25.0 Å². The summed E-state index contributed by atoms with van der Waals surface area (Å²) in [6.45, 7) is 8.16. The number of pyridine rings is 1. The van der Waals surface area contributed by atoms with Gasteiger partial charge >= 0.3 is 0 Å². The summed E-state index contributed by atoms with van der Waals surface area (Å²) in [5.41, 5.74) is 3.48. The number of nitrogens with zero attached hydrogens (tertiary/aromatic N) is 5. The fourth-order valence-electron chi connectivity index (χ4n) is 3.81. The van der Waals surface area contributed by atoms with Crippen LogP contribution in [-0.2, 0) is 24.3 Å². The Labute approximate surface area is 160 Å². The minimum atomic E-state index is 0.230. The summed E-state index contributed by atoms with van der Waals surface area (Å²) in [6, 6.07) is 6.26. The molecule has 7 nitrogen and oxygen atoms in total. The van der Waals surface area contributed by atoms with E-state index in [1.54, 1.807) is 0 Å². The van der Waals surface area contributed by atoms with Gasteiger partial charge in [0, 0.05) is 58.3 Å². The Bertz CT molecular complexity index is 770. The smallest absolute Gasteiger partial charge is 0.223 e. The molecule has 27 heavy (non-hydrogen) atoms. The molecule has 7 heteroatoms. The molecular weight excluding hydrogens is 340 g/mol. The van der Waals surface area contributed by atoms with Crippen LogP contribution in [0, 0.1) is 6.92 Å². The minimum absolute atomic E-state index is 0.230. The van der Waals surface area contributed by atoms with Crippen LogP contribution in [0.5, 0.6) is 0 Å². The molecular formula is C20H28N6O. The summed E-state index contributed by atoms with van der Waals surface area (Å²) in [6.07, 6.45) is 4.21. The number of nitrogens with one attached hydrogen (secondary N) is 1. The lowest BCUT2D eigenvalue weighted by Gasteiger charge is -2.35. The third kappa shape index (κ3) is 4.30. The van der Waals surface area contributed by atoms with Gasteiger partial charge in [-0.25, -0.2) is 4.98 Å². The van der Waals surface area contributed by atoms with Gasteiger partial charge in [0.2, 0.25) is 5.91 Å². The van der Waals surface area contributed by atoms with Gasteiger partial charge in [-0.15, -0.1) is 0 Å². The van der Waals surface area contributed by atoms with Crippen molar-refractivity contribution in [2.45, 2.75) is 39.3 Å². The molecule has 4 rings (SSSR count). The molecule has 0 unspecified atom stereocenters. The van der Waals surface area contributed by atoms with Gasteiger partial charge in [0.15, 0.2) is 0 Å². The molecule has 0 atom stereocenters. The van der Waals surface area contributed by atoms with Gasteiger partial charge in [-0.1, -0.05) is 0 Å². The van der Waals surface area contributed by atoms with E-state index in [2.05, 4.69) is 44.0 Å². The van der Waals surface area contributed by atoms with Crippen molar-refractivity contribution in [3.8, 4) is 0 Å². The highest BCUT2D eigenvalue weighted by atomic mass is 16.2. The van der Waals surface area contributed by atoms with Crippen LogP contribution in [0.15, 0.2) is 24.4 Å². The molecule has 0 aromatic carbocycles. The molecule has 0 spiro atoms. The van der Waals surface area contributed by atoms with Crippen LogP contribution >= 0.6 is 0 Å². The molecule has 144 valence electrons. The van der Waals surface area contributed by atoms with E-state index in [1.807, 2.05) is 17.2 Å². The number of hydrogen-bond acceptors (Lipinski definition) is 5. The fraction of sp³-hybridized carbons (Fsp3) is 0.550. The van der Waals surface area contributed by atoms with E-state index in [0.717, 1.165) is 70.2 Å². The topological polar surface area (TPSA) is 66.3 Å². The molecule has 0 bridgehead atoms. The van der Waals surface area contributed by atoms with Gasteiger partial charge in [-0.2, -0.15) is 5.10 Å². The second kappa shape index (κ2) is 8.08. The van der Waals surface area contributed by atoms with E-state index >= 15 is 0 Å². The van der Waals surface area contributed by atoms with E-state index in [9.17, 15) is 4.79 Å². The van der Waals surface area contributed by atoms with Crippen molar-refractivity contribution in [3.63, 3.8) is 0 Å². The Kier molecular flexibility index (Phi) is 5.38. The van der Waals surface area contributed by atoms with Crippen LogP contribution in [0.25, 0.3) is 0 Å². The second-order valence-electron chi connectivity index (χ2n) is 7.44. The van der Waals surface area contributed by atoms with Gasteiger partial charge in [-0.05, 0) is 43.7 Å². The van der Waals surface area contributed by atoms with Crippen molar-refractivity contribution in [3.05, 3.63) is 41.3 Å². The number of carbonyl (C=O) groups excluding carboxylic acids is 1. The van der Waals surface area contributed by atoms with Crippen molar-refractivity contribution >= 4 is 11.7 Å². The first-order valence-electron chi connectivity index (χ1n) is 9.91. The van der Waals surface area contributed by atoms with E-state index in [-0.39, 0.29) is 5.91 Å². The molecule has 1 amide bonds. The number of fused-ring (bicyclic) bond motifs is 1. The Hall–Kier alpha value is -2.41. The monoisotopic (exact) mass is 368 g/mol. The first kappa shape index (κ1) is 18.0. The molecule has 0 saturated carbocycles. The maximum absolute atomic E-state index is 12.6. The number of amides is 1. The number of piperazine rings is 1. The molecule has 1 saturated heterocycles. The predicted molar refractivity (Wildman–Crippen MR) is 105 cm³/mol. The highest BCUT2D eigenvalue weighted by Gasteiger charge is 2.22. The van der Waals surface area contributed by atoms with Crippen LogP contribution < -0.4 is 10.2 Å². The quantitative estimate of drug-likeness (QED) is 0.883. The summed E-state index contributed by atoms with van der Waals surface area (Å²) >= 11 is 0. The highest BCUT2D eigenvalue weighted by Crippen LogP contribution is 2.16. The standard InChI is InChI=1S/C20H28N6O/c1-16-5-7-22-19(13-16)24-9-11-25(12-10-24)20(27)4-3-17-14-18-15-21-6-2-8-26(18)23-17/h5,7,13-14,21H,2-4,6,8-12,15H2,1H3. The molecule has 2 aromatic rings. The summed E-state index contributed by atoms with van der Waals surface area (Å²) < 4.78 is 2.09.